The quantitative estimate of drug-likeness (QED) is 0.192. The normalized spacial score (nSPS) is 12.9. The Hall–Kier alpha value is -6.57. The summed E-state index contributed by atoms with van der Waals surface area (Å²) in [5.74, 6) is 2.27. The smallest absolute Gasteiger partial charge is 0.160 e. The Morgan fingerprint density at radius 3 is 2.12 bits per heavy atom. The van der Waals surface area contributed by atoms with Crippen molar-refractivity contribution in [2.24, 2.45) is 0 Å². The first-order valence-corrected chi connectivity index (χ1v) is 16.8. The van der Waals surface area contributed by atoms with Crippen LogP contribution >= 0.6 is 0 Å². The molecule has 0 aliphatic carbocycles. The minimum Gasteiger partial charge on any atom is -0.457 e. The van der Waals surface area contributed by atoms with E-state index < -0.39 is 0 Å². The molecular weight excluding hydrogens is 611 g/mol. The minimum absolute atomic E-state index is 0.333. The van der Waals surface area contributed by atoms with Gasteiger partial charge >= 0.3 is 0 Å². The van der Waals surface area contributed by atoms with Crippen molar-refractivity contribution in [3.05, 3.63) is 168 Å². The molecule has 1 aromatic heterocycles. The lowest BCUT2D eigenvalue weighted by molar-refractivity contribution is 0.418. The van der Waals surface area contributed by atoms with E-state index in [9.17, 15) is 5.26 Å². The van der Waals surface area contributed by atoms with E-state index in [1.807, 2.05) is 42.5 Å². The molecule has 7 aromatic carbocycles. The maximum absolute atomic E-state index is 9.49. The van der Waals surface area contributed by atoms with Gasteiger partial charge in [0.1, 0.15) is 11.5 Å². The lowest BCUT2D eigenvalue weighted by Gasteiger charge is -2.36. The van der Waals surface area contributed by atoms with E-state index >= 15 is 0 Å². The van der Waals surface area contributed by atoms with Crippen LogP contribution in [-0.4, -0.2) is 9.97 Å². The third-order valence-electron chi connectivity index (χ3n) is 9.91. The molecule has 0 saturated carbocycles. The summed E-state index contributed by atoms with van der Waals surface area (Å²) in [7, 11) is 0. The third kappa shape index (κ3) is 4.91. The molecule has 0 unspecified atom stereocenters. The summed E-state index contributed by atoms with van der Waals surface area (Å²) in [6, 6.07) is 54.6. The Bertz CT molecular complexity index is 2680. The third-order valence-corrected chi connectivity index (χ3v) is 9.91. The maximum atomic E-state index is 9.49. The van der Waals surface area contributed by atoms with Crippen molar-refractivity contribution in [1.29, 1.82) is 5.26 Å². The monoisotopic (exact) mass is 641 g/mol. The van der Waals surface area contributed by atoms with E-state index in [1.54, 1.807) is 0 Å². The highest BCUT2D eigenvalue weighted by Crippen LogP contribution is 2.51. The van der Waals surface area contributed by atoms with Crippen LogP contribution in [0.1, 0.15) is 30.5 Å². The Morgan fingerprint density at radius 2 is 1.28 bits per heavy atom. The van der Waals surface area contributed by atoms with Crippen LogP contribution in [0.4, 0.5) is 0 Å². The average Bonchev–Trinajstić information content (AvgIpc) is 3.17. The van der Waals surface area contributed by atoms with Gasteiger partial charge in [0.25, 0.3) is 0 Å². The van der Waals surface area contributed by atoms with Crippen LogP contribution in [0.5, 0.6) is 11.5 Å². The van der Waals surface area contributed by atoms with E-state index in [2.05, 4.69) is 129 Å². The summed E-state index contributed by atoms with van der Waals surface area (Å²) in [5.41, 5.74) is 10.8. The largest absolute Gasteiger partial charge is 0.457 e. The fourth-order valence-electron chi connectivity index (χ4n) is 7.41. The van der Waals surface area contributed by atoms with Crippen molar-refractivity contribution in [3.8, 4) is 62.5 Å². The van der Waals surface area contributed by atoms with Crippen LogP contribution in [0, 0.1) is 11.3 Å². The van der Waals surface area contributed by atoms with Crippen molar-refractivity contribution in [1.82, 2.24) is 9.97 Å². The van der Waals surface area contributed by atoms with E-state index in [-0.39, 0.29) is 5.41 Å². The highest BCUT2D eigenvalue weighted by Gasteiger charge is 2.36. The Kier molecular flexibility index (Phi) is 6.82. The molecule has 4 heteroatoms. The predicted molar refractivity (Wildman–Crippen MR) is 202 cm³/mol. The van der Waals surface area contributed by atoms with Gasteiger partial charge in [-0.1, -0.05) is 123 Å². The van der Waals surface area contributed by atoms with E-state index in [4.69, 9.17) is 14.7 Å². The van der Waals surface area contributed by atoms with Crippen LogP contribution in [-0.2, 0) is 5.41 Å². The van der Waals surface area contributed by atoms with Crippen LogP contribution in [0.15, 0.2) is 152 Å². The summed E-state index contributed by atoms with van der Waals surface area (Å²) >= 11 is 0. The molecule has 0 amide bonds. The number of hydrogen-bond donors (Lipinski definition) is 0. The molecule has 50 heavy (non-hydrogen) atoms. The summed E-state index contributed by atoms with van der Waals surface area (Å²) in [5, 5.41) is 12.9. The van der Waals surface area contributed by atoms with Crippen LogP contribution < -0.4 is 4.74 Å². The summed E-state index contributed by atoms with van der Waals surface area (Å²) < 4.78 is 6.43. The van der Waals surface area contributed by atoms with Crippen molar-refractivity contribution in [2.75, 3.05) is 0 Å². The van der Waals surface area contributed by atoms with Crippen molar-refractivity contribution < 1.29 is 4.74 Å². The van der Waals surface area contributed by atoms with Crippen molar-refractivity contribution in [2.45, 2.75) is 19.3 Å². The summed E-state index contributed by atoms with van der Waals surface area (Å²) in [6.45, 7) is 4.46. The molecule has 1 aliphatic rings. The zero-order valence-corrected chi connectivity index (χ0v) is 27.7. The van der Waals surface area contributed by atoms with Gasteiger partial charge < -0.3 is 4.74 Å². The number of aromatic nitrogens is 2. The van der Waals surface area contributed by atoms with Crippen LogP contribution in [0.3, 0.4) is 0 Å². The maximum Gasteiger partial charge on any atom is 0.160 e. The molecule has 0 bridgehead atoms. The van der Waals surface area contributed by atoms with Gasteiger partial charge in [-0.2, -0.15) is 5.26 Å². The number of ether oxygens (including phenoxy) is 1. The molecule has 236 valence electrons. The molecule has 4 nitrogen and oxygen atoms in total. The molecule has 0 fully saturated rings. The number of benzene rings is 7. The second-order valence-corrected chi connectivity index (χ2v) is 13.4. The fraction of sp³-hybridized carbons (Fsp3) is 0.0652. The summed E-state index contributed by atoms with van der Waals surface area (Å²) in [4.78, 5) is 10.2. The lowest BCUT2D eigenvalue weighted by Crippen LogP contribution is -2.25. The highest BCUT2D eigenvalue weighted by atomic mass is 16.5. The van der Waals surface area contributed by atoms with Gasteiger partial charge in [0.05, 0.1) is 22.8 Å². The molecule has 0 atom stereocenters. The molecule has 0 saturated heterocycles. The number of hydrogen-bond acceptors (Lipinski definition) is 4. The number of para-hydroxylation sites is 1. The first kappa shape index (κ1) is 29.6. The lowest BCUT2D eigenvalue weighted by atomic mass is 9.72. The Morgan fingerprint density at radius 1 is 0.560 bits per heavy atom. The molecular formula is C46H31N3O. The second kappa shape index (κ2) is 11.5. The highest BCUT2D eigenvalue weighted by molar-refractivity contribution is 5.95. The van der Waals surface area contributed by atoms with Crippen molar-refractivity contribution >= 4 is 21.7 Å². The Balaban J connectivity index is 1.13. The van der Waals surface area contributed by atoms with Gasteiger partial charge in [-0.05, 0) is 75.5 Å². The van der Waals surface area contributed by atoms with Crippen LogP contribution in [0.2, 0.25) is 0 Å². The second-order valence-electron chi connectivity index (χ2n) is 13.4. The molecule has 9 rings (SSSR count). The molecule has 0 radical (unpaired) electrons. The van der Waals surface area contributed by atoms with Gasteiger partial charge in [-0.3, -0.25) is 0 Å². The van der Waals surface area contributed by atoms with E-state index in [0.717, 1.165) is 78.0 Å². The zero-order chi connectivity index (χ0) is 33.8. The topological polar surface area (TPSA) is 58.8 Å². The average molecular weight is 642 g/mol. The van der Waals surface area contributed by atoms with Gasteiger partial charge in [-0.25, -0.2) is 9.97 Å². The molecule has 0 N–H and O–H groups in total. The zero-order valence-electron chi connectivity index (χ0n) is 27.7. The van der Waals surface area contributed by atoms with Gasteiger partial charge in [-0.15, -0.1) is 0 Å². The van der Waals surface area contributed by atoms with E-state index in [0.29, 0.717) is 11.4 Å². The fourth-order valence-corrected chi connectivity index (χ4v) is 7.41. The van der Waals surface area contributed by atoms with Gasteiger partial charge in [0.2, 0.25) is 0 Å². The number of fused-ring (bicyclic) bond motifs is 4. The van der Waals surface area contributed by atoms with Gasteiger partial charge in [0, 0.05) is 33.1 Å². The van der Waals surface area contributed by atoms with Crippen LogP contribution in [0.25, 0.3) is 66.6 Å². The first-order chi connectivity index (χ1) is 24.5. The molecule has 2 heterocycles. The SMILES string of the molecule is CC1(C)c2ccc(C#N)cc2Oc2cccc(-c3cccc(-c4cccc(-c5nc(-c6ccc7ccccc7c6)nc6ccccc56)c4)c3)c21. The number of rotatable bonds is 4. The first-order valence-electron chi connectivity index (χ1n) is 16.8. The molecule has 8 aromatic rings. The standard InChI is InChI=1S/C46H31N3O/c1-46(2)39-23-20-29(28-47)24-42(39)50-41-19-9-17-37(43(41)46)34-14-7-12-32(25-34)33-13-8-15-35(26-33)44-38-16-5-6-18-40(38)48-45(49-44)36-22-21-30-10-3-4-11-31(30)27-36/h3-27H,1-2H3. The predicted octanol–water partition coefficient (Wildman–Crippen LogP) is 11.8. The number of nitriles is 1. The summed E-state index contributed by atoms with van der Waals surface area (Å²) in [6.07, 6.45) is 0. The number of nitrogens with zero attached hydrogens (tertiary/aromatic N) is 3. The van der Waals surface area contributed by atoms with Gasteiger partial charge in [0.15, 0.2) is 5.82 Å². The molecule has 0 spiro atoms. The van der Waals surface area contributed by atoms with E-state index in [1.165, 1.54) is 5.39 Å². The van der Waals surface area contributed by atoms with Crippen molar-refractivity contribution in [3.63, 3.8) is 0 Å². The molecule has 1 aliphatic heterocycles. The Labute approximate surface area is 290 Å². The minimum atomic E-state index is -0.333.